The van der Waals surface area contributed by atoms with E-state index in [9.17, 15) is 17.6 Å². The minimum Gasteiger partial charge on any atom is -0.338 e. The van der Waals surface area contributed by atoms with Crippen molar-refractivity contribution < 1.29 is 17.6 Å². The smallest absolute Gasteiger partial charge is 0.338 e. The van der Waals surface area contributed by atoms with Crippen molar-refractivity contribution in [1.82, 2.24) is 15.2 Å². The molecule has 0 spiro atoms. The summed E-state index contributed by atoms with van der Waals surface area (Å²) in [5.41, 5.74) is -0.667. The molecule has 0 aliphatic heterocycles. The van der Waals surface area contributed by atoms with Gasteiger partial charge in [-0.3, -0.25) is 0 Å². The fourth-order valence-electron chi connectivity index (χ4n) is 2.08. The monoisotopic (exact) mass is 383 g/mol. The van der Waals surface area contributed by atoms with Gasteiger partial charge in [0, 0.05) is 10.7 Å². The second-order valence-electron chi connectivity index (χ2n) is 5.11. The standard InChI is InChI=1S/C16H10ClF4N5/c17-9-1-6-13(12(7-9)16(19,20)21)24-14-8-22-26-15(25-14)23-11-4-2-10(18)3-5-11/h1-8H,(H2,23,24,25,26). The molecule has 0 fully saturated rings. The van der Waals surface area contributed by atoms with E-state index in [-0.39, 0.29) is 22.5 Å². The third-order valence-corrected chi connectivity index (χ3v) is 3.44. The molecule has 0 bridgehead atoms. The molecule has 0 radical (unpaired) electrons. The van der Waals surface area contributed by atoms with Crippen molar-refractivity contribution in [2.24, 2.45) is 0 Å². The van der Waals surface area contributed by atoms with Crippen molar-refractivity contribution in [3.63, 3.8) is 0 Å². The lowest BCUT2D eigenvalue weighted by molar-refractivity contribution is -0.136. The molecule has 0 amide bonds. The Hall–Kier alpha value is -2.94. The van der Waals surface area contributed by atoms with Gasteiger partial charge in [0.15, 0.2) is 5.82 Å². The molecule has 0 aliphatic rings. The van der Waals surface area contributed by atoms with Crippen LogP contribution in [-0.2, 0) is 6.18 Å². The number of hydrogen-bond acceptors (Lipinski definition) is 5. The summed E-state index contributed by atoms with van der Waals surface area (Å²) in [6, 6.07) is 8.73. The molecule has 3 rings (SSSR count). The van der Waals surface area contributed by atoms with Gasteiger partial charge in [-0.2, -0.15) is 23.3 Å². The topological polar surface area (TPSA) is 62.7 Å². The zero-order valence-electron chi connectivity index (χ0n) is 12.9. The van der Waals surface area contributed by atoms with E-state index < -0.39 is 17.6 Å². The normalized spacial score (nSPS) is 11.3. The van der Waals surface area contributed by atoms with E-state index in [1.54, 1.807) is 0 Å². The molecule has 0 unspecified atom stereocenters. The third kappa shape index (κ3) is 4.37. The Morgan fingerprint density at radius 2 is 1.69 bits per heavy atom. The van der Waals surface area contributed by atoms with Crippen molar-refractivity contribution in [2.75, 3.05) is 10.6 Å². The zero-order chi connectivity index (χ0) is 18.7. The van der Waals surface area contributed by atoms with Crippen LogP contribution in [0.15, 0.2) is 48.7 Å². The Kier molecular flexibility index (Phi) is 4.90. The predicted molar refractivity (Wildman–Crippen MR) is 89.2 cm³/mol. The molecule has 10 heteroatoms. The van der Waals surface area contributed by atoms with Crippen LogP contribution in [-0.4, -0.2) is 15.2 Å². The molecule has 0 aliphatic carbocycles. The number of alkyl halides is 3. The van der Waals surface area contributed by atoms with Crippen LogP contribution in [0.2, 0.25) is 5.02 Å². The second-order valence-corrected chi connectivity index (χ2v) is 5.55. The number of aromatic nitrogens is 3. The predicted octanol–water partition coefficient (Wildman–Crippen LogP) is 5.17. The molecule has 134 valence electrons. The van der Waals surface area contributed by atoms with Gasteiger partial charge in [0.2, 0.25) is 5.95 Å². The molecule has 1 aromatic heterocycles. The van der Waals surface area contributed by atoms with E-state index in [1.165, 1.54) is 42.6 Å². The number of hydrogen-bond donors (Lipinski definition) is 2. The van der Waals surface area contributed by atoms with Gasteiger partial charge in [0.25, 0.3) is 0 Å². The fourth-order valence-corrected chi connectivity index (χ4v) is 2.25. The molecule has 0 saturated carbocycles. The summed E-state index contributed by atoms with van der Waals surface area (Å²) >= 11 is 5.65. The maximum atomic E-state index is 13.1. The van der Waals surface area contributed by atoms with Gasteiger partial charge >= 0.3 is 6.18 Å². The van der Waals surface area contributed by atoms with E-state index >= 15 is 0 Å². The summed E-state index contributed by atoms with van der Waals surface area (Å²) in [7, 11) is 0. The van der Waals surface area contributed by atoms with E-state index in [2.05, 4.69) is 25.8 Å². The van der Waals surface area contributed by atoms with Crippen LogP contribution in [0.5, 0.6) is 0 Å². The quantitative estimate of drug-likeness (QED) is 0.608. The maximum Gasteiger partial charge on any atom is 0.418 e. The number of benzene rings is 2. The number of nitrogens with zero attached hydrogens (tertiary/aromatic N) is 3. The Balaban J connectivity index is 1.84. The van der Waals surface area contributed by atoms with E-state index in [4.69, 9.17) is 11.6 Å². The van der Waals surface area contributed by atoms with Crippen molar-refractivity contribution in [2.45, 2.75) is 6.18 Å². The van der Waals surface area contributed by atoms with Crippen molar-refractivity contribution >= 4 is 34.7 Å². The van der Waals surface area contributed by atoms with Crippen LogP contribution >= 0.6 is 11.6 Å². The molecule has 26 heavy (non-hydrogen) atoms. The van der Waals surface area contributed by atoms with Gasteiger partial charge in [-0.1, -0.05) is 11.6 Å². The third-order valence-electron chi connectivity index (χ3n) is 3.21. The van der Waals surface area contributed by atoms with E-state index in [0.717, 1.165) is 6.07 Å². The van der Waals surface area contributed by atoms with Gasteiger partial charge in [0.05, 0.1) is 17.4 Å². The summed E-state index contributed by atoms with van der Waals surface area (Å²) in [4.78, 5) is 4.04. The average molecular weight is 384 g/mol. The first kappa shape index (κ1) is 17.9. The summed E-state index contributed by atoms with van der Waals surface area (Å²) in [5.74, 6) is -0.339. The minimum absolute atomic E-state index is 0.0316. The van der Waals surface area contributed by atoms with E-state index in [1.807, 2.05) is 0 Å². The number of halogens is 5. The molecule has 3 aromatic rings. The average Bonchev–Trinajstić information content (AvgIpc) is 2.58. The molecule has 0 atom stereocenters. The molecule has 0 saturated heterocycles. The Morgan fingerprint density at radius 1 is 0.962 bits per heavy atom. The Morgan fingerprint density at radius 3 is 2.38 bits per heavy atom. The van der Waals surface area contributed by atoms with Crippen LogP contribution in [0.4, 0.5) is 40.7 Å². The lowest BCUT2D eigenvalue weighted by Gasteiger charge is -2.14. The molecular weight excluding hydrogens is 374 g/mol. The first-order valence-electron chi connectivity index (χ1n) is 7.17. The number of anilines is 4. The number of nitrogens with one attached hydrogen (secondary N) is 2. The lowest BCUT2D eigenvalue weighted by atomic mass is 10.1. The van der Waals surface area contributed by atoms with Gasteiger partial charge in [-0.05, 0) is 42.5 Å². The highest BCUT2D eigenvalue weighted by molar-refractivity contribution is 6.30. The van der Waals surface area contributed by atoms with Gasteiger partial charge < -0.3 is 10.6 Å². The van der Waals surface area contributed by atoms with Gasteiger partial charge in [-0.25, -0.2) is 4.39 Å². The molecular formula is C16H10ClF4N5. The largest absolute Gasteiger partial charge is 0.418 e. The van der Waals surface area contributed by atoms with Crippen LogP contribution in [0.3, 0.4) is 0 Å². The highest BCUT2D eigenvalue weighted by Crippen LogP contribution is 2.37. The van der Waals surface area contributed by atoms with E-state index in [0.29, 0.717) is 5.69 Å². The Labute approximate surface area is 150 Å². The summed E-state index contributed by atoms with van der Waals surface area (Å²) in [6.07, 6.45) is -3.42. The first-order chi connectivity index (χ1) is 12.3. The van der Waals surface area contributed by atoms with Crippen LogP contribution in [0.25, 0.3) is 0 Å². The maximum absolute atomic E-state index is 13.1. The van der Waals surface area contributed by atoms with Crippen molar-refractivity contribution in [1.29, 1.82) is 0 Å². The highest BCUT2D eigenvalue weighted by atomic mass is 35.5. The number of rotatable bonds is 4. The first-order valence-corrected chi connectivity index (χ1v) is 7.55. The highest BCUT2D eigenvalue weighted by Gasteiger charge is 2.34. The fraction of sp³-hybridized carbons (Fsp3) is 0.0625. The second kappa shape index (κ2) is 7.12. The Bertz CT molecular complexity index is 915. The SMILES string of the molecule is Fc1ccc(Nc2nncc(Nc3ccc(Cl)cc3C(F)(F)F)n2)cc1. The molecule has 5 nitrogen and oxygen atoms in total. The summed E-state index contributed by atoms with van der Waals surface area (Å²) < 4.78 is 52.3. The minimum atomic E-state index is -4.59. The van der Waals surface area contributed by atoms with Crippen molar-refractivity contribution in [3.8, 4) is 0 Å². The molecule has 2 aromatic carbocycles. The van der Waals surface area contributed by atoms with Crippen LogP contribution in [0.1, 0.15) is 5.56 Å². The molecule has 1 heterocycles. The zero-order valence-corrected chi connectivity index (χ0v) is 13.6. The lowest BCUT2D eigenvalue weighted by Crippen LogP contribution is -2.10. The van der Waals surface area contributed by atoms with Gasteiger partial charge in [0.1, 0.15) is 5.82 Å². The van der Waals surface area contributed by atoms with Crippen LogP contribution in [0, 0.1) is 5.82 Å². The summed E-state index contributed by atoms with van der Waals surface area (Å²) in [5, 5.41) is 12.7. The summed E-state index contributed by atoms with van der Waals surface area (Å²) in [6.45, 7) is 0. The van der Waals surface area contributed by atoms with Crippen LogP contribution < -0.4 is 10.6 Å². The molecule has 2 N–H and O–H groups in total. The van der Waals surface area contributed by atoms with Crippen molar-refractivity contribution in [3.05, 3.63) is 65.1 Å². The van der Waals surface area contributed by atoms with Gasteiger partial charge in [-0.15, -0.1) is 5.10 Å².